The predicted molar refractivity (Wildman–Crippen MR) is 104 cm³/mol. The van der Waals surface area contributed by atoms with Crippen LogP contribution in [0.1, 0.15) is 24.5 Å². The molecule has 1 aliphatic rings. The Balaban J connectivity index is 1.59. The average molecular weight is 332 g/mol. The van der Waals surface area contributed by atoms with E-state index in [1.165, 1.54) is 25.1 Å². The molecule has 0 aliphatic carbocycles. The summed E-state index contributed by atoms with van der Waals surface area (Å²) in [7, 11) is 0. The van der Waals surface area contributed by atoms with Crippen LogP contribution in [-0.2, 0) is 6.54 Å². The fourth-order valence-corrected chi connectivity index (χ4v) is 3.71. The van der Waals surface area contributed by atoms with Crippen LogP contribution < -0.4 is 5.56 Å². The van der Waals surface area contributed by atoms with Crippen molar-refractivity contribution >= 4 is 10.8 Å². The second kappa shape index (κ2) is 6.49. The number of H-pyrrole nitrogens is 1. The third kappa shape index (κ3) is 3.12. The Morgan fingerprint density at radius 1 is 1.08 bits per heavy atom. The molecule has 0 amide bonds. The first-order valence-electron chi connectivity index (χ1n) is 9.08. The topological polar surface area (TPSA) is 36.1 Å². The van der Waals surface area contributed by atoms with Gasteiger partial charge in [0.05, 0.1) is 0 Å². The van der Waals surface area contributed by atoms with E-state index in [-0.39, 0.29) is 5.56 Å². The molecule has 25 heavy (non-hydrogen) atoms. The summed E-state index contributed by atoms with van der Waals surface area (Å²) in [5.74, 6) is 0.880. The molecule has 3 aromatic rings. The van der Waals surface area contributed by atoms with Crippen molar-refractivity contribution in [2.24, 2.45) is 5.92 Å². The van der Waals surface area contributed by atoms with Gasteiger partial charge in [-0.3, -0.25) is 9.69 Å². The summed E-state index contributed by atoms with van der Waals surface area (Å²) in [6.07, 6.45) is 1.28. The summed E-state index contributed by atoms with van der Waals surface area (Å²) in [5, 5.41) is 1.78. The minimum atomic E-state index is -0.0218. The van der Waals surface area contributed by atoms with Crippen LogP contribution in [0.15, 0.2) is 53.3 Å². The van der Waals surface area contributed by atoms with Crippen LogP contribution in [0.4, 0.5) is 0 Å². The van der Waals surface area contributed by atoms with Crippen molar-refractivity contribution in [2.45, 2.75) is 26.8 Å². The van der Waals surface area contributed by atoms with E-state index >= 15 is 0 Å². The molecule has 2 heterocycles. The predicted octanol–water partition coefficient (Wildman–Crippen LogP) is 4.35. The zero-order chi connectivity index (χ0) is 17.4. The first-order valence-corrected chi connectivity index (χ1v) is 9.08. The van der Waals surface area contributed by atoms with Gasteiger partial charge in [-0.05, 0) is 47.1 Å². The van der Waals surface area contributed by atoms with E-state index in [1.54, 1.807) is 0 Å². The molecule has 0 atom stereocenters. The maximum atomic E-state index is 12.4. The van der Waals surface area contributed by atoms with Crippen molar-refractivity contribution in [1.82, 2.24) is 9.88 Å². The summed E-state index contributed by atoms with van der Waals surface area (Å²) in [4.78, 5) is 17.9. The van der Waals surface area contributed by atoms with Gasteiger partial charge in [0.25, 0.3) is 5.56 Å². The van der Waals surface area contributed by atoms with E-state index in [0.29, 0.717) is 0 Å². The summed E-state index contributed by atoms with van der Waals surface area (Å²) in [5.41, 5.74) is 4.38. The Morgan fingerprint density at radius 3 is 2.56 bits per heavy atom. The lowest BCUT2D eigenvalue weighted by Gasteiger charge is -2.38. The van der Waals surface area contributed by atoms with Gasteiger partial charge >= 0.3 is 0 Å². The zero-order valence-corrected chi connectivity index (χ0v) is 14.9. The lowest BCUT2D eigenvalue weighted by Crippen LogP contribution is -2.45. The number of hydrogen-bond acceptors (Lipinski definition) is 2. The van der Waals surface area contributed by atoms with Crippen LogP contribution in [0.5, 0.6) is 0 Å². The number of likely N-dealkylation sites (tertiary alicyclic amines) is 1. The van der Waals surface area contributed by atoms with E-state index in [2.05, 4.69) is 47.1 Å². The van der Waals surface area contributed by atoms with Gasteiger partial charge in [-0.15, -0.1) is 0 Å². The van der Waals surface area contributed by atoms with Crippen molar-refractivity contribution in [1.29, 1.82) is 0 Å². The molecule has 0 radical (unpaired) electrons. The van der Waals surface area contributed by atoms with Crippen molar-refractivity contribution < 1.29 is 0 Å². The standard InChI is InChI=1S/C22H24N2O/c1-3-16-12-24(13-16)14-17-7-9-18(10-8-17)21-11-20-15(2)5-4-6-19(20)22(25)23-21/h4-11,16H,3,12-14H2,1-2H3,(H,23,25). The van der Waals surface area contributed by atoms with E-state index in [4.69, 9.17) is 0 Å². The number of nitrogens with one attached hydrogen (secondary N) is 1. The first kappa shape index (κ1) is 16.1. The molecular weight excluding hydrogens is 308 g/mol. The molecule has 0 saturated carbocycles. The highest BCUT2D eigenvalue weighted by Gasteiger charge is 2.24. The first-order chi connectivity index (χ1) is 12.1. The molecule has 0 spiro atoms. The largest absolute Gasteiger partial charge is 0.321 e. The minimum absolute atomic E-state index is 0.0218. The molecule has 128 valence electrons. The van der Waals surface area contributed by atoms with Crippen LogP contribution in [0, 0.1) is 12.8 Å². The molecule has 4 rings (SSSR count). The van der Waals surface area contributed by atoms with E-state index in [1.807, 2.05) is 25.1 Å². The molecule has 3 heteroatoms. The van der Waals surface area contributed by atoms with Crippen LogP contribution in [0.2, 0.25) is 0 Å². The van der Waals surface area contributed by atoms with Gasteiger partial charge in [-0.1, -0.05) is 49.7 Å². The Bertz CT molecular complexity index is 950. The highest BCUT2D eigenvalue weighted by Crippen LogP contribution is 2.24. The SMILES string of the molecule is CCC1CN(Cc2ccc(-c3cc4c(C)cccc4c(=O)[nH]3)cc2)C1. The number of aryl methyl sites for hydroxylation is 1. The summed E-state index contributed by atoms with van der Waals surface area (Å²) >= 11 is 0. The average Bonchev–Trinajstić information content (AvgIpc) is 2.59. The van der Waals surface area contributed by atoms with Gasteiger partial charge in [0, 0.05) is 30.7 Å². The molecule has 0 unspecified atom stereocenters. The maximum absolute atomic E-state index is 12.4. The van der Waals surface area contributed by atoms with E-state index in [9.17, 15) is 4.79 Å². The quantitative estimate of drug-likeness (QED) is 0.771. The van der Waals surface area contributed by atoms with Crippen molar-refractivity contribution in [3.8, 4) is 11.3 Å². The van der Waals surface area contributed by atoms with Crippen molar-refractivity contribution in [3.63, 3.8) is 0 Å². The Kier molecular flexibility index (Phi) is 4.18. The van der Waals surface area contributed by atoms with Crippen molar-refractivity contribution in [3.05, 3.63) is 70.0 Å². The molecule has 1 N–H and O–H groups in total. The smallest absolute Gasteiger partial charge is 0.256 e. The number of aromatic amines is 1. The van der Waals surface area contributed by atoms with E-state index < -0.39 is 0 Å². The van der Waals surface area contributed by atoms with Gasteiger partial charge in [0.1, 0.15) is 0 Å². The third-order valence-electron chi connectivity index (χ3n) is 5.39. The summed E-state index contributed by atoms with van der Waals surface area (Å²) in [6, 6.07) is 16.5. The third-order valence-corrected chi connectivity index (χ3v) is 5.39. The number of nitrogens with zero attached hydrogens (tertiary/aromatic N) is 1. The normalized spacial score (nSPS) is 15.4. The van der Waals surface area contributed by atoms with Crippen LogP contribution in [0.3, 0.4) is 0 Å². The molecule has 3 nitrogen and oxygen atoms in total. The Morgan fingerprint density at radius 2 is 1.84 bits per heavy atom. The fourth-order valence-electron chi connectivity index (χ4n) is 3.71. The fraction of sp³-hybridized carbons (Fsp3) is 0.318. The van der Waals surface area contributed by atoms with Gasteiger partial charge in [0.15, 0.2) is 0 Å². The highest BCUT2D eigenvalue weighted by atomic mass is 16.1. The molecular formula is C22H24N2O. The van der Waals surface area contributed by atoms with Crippen LogP contribution >= 0.6 is 0 Å². The number of aromatic nitrogens is 1. The second-order valence-electron chi connectivity index (χ2n) is 7.21. The molecule has 1 aliphatic heterocycles. The molecule has 0 bridgehead atoms. The van der Waals surface area contributed by atoms with E-state index in [0.717, 1.165) is 40.1 Å². The Labute approximate surface area is 148 Å². The maximum Gasteiger partial charge on any atom is 0.256 e. The van der Waals surface area contributed by atoms with Gasteiger partial charge in [0.2, 0.25) is 0 Å². The monoisotopic (exact) mass is 332 g/mol. The van der Waals surface area contributed by atoms with Crippen molar-refractivity contribution in [2.75, 3.05) is 13.1 Å². The number of benzene rings is 2. The number of pyridine rings is 1. The number of fused-ring (bicyclic) bond motifs is 1. The zero-order valence-electron chi connectivity index (χ0n) is 14.9. The molecule has 1 aromatic heterocycles. The second-order valence-corrected chi connectivity index (χ2v) is 7.21. The summed E-state index contributed by atoms with van der Waals surface area (Å²) in [6.45, 7) is 7.77. The van der Waals surface area contributed by atoms with Gasteiger partial charge in [-0.25, -0.2) is 0 Å². The Hall–Kier alpha value is -2.39. The molecule has 2 aromatic carbocycles. The minimum Gasteiger partial charge on any atom is -0.321 e. The number of hydrogen-bond donors (Lipinski definition) is 1. The van der Waals surface area contributed by atoms with Crippen LogP contribution in [-0.4, -0.2) is 23.0 Å². The van der Waals surface area contributed by atoms with Gasteiger partial charge < -0.3 is 4.98 Å². The van der Waals surface area contributed by atoms with Crippen LogP contribution in [0.25, 0.3) is 22.0 Å². The lowest BCUT2D eigenvalue weighted by molar-refractivity contribution is 0.0899. The molecule has 1 fully saturated rings. The highest BCUT2D eigenvalue weighted by molar-refractivity contribution is 5.87. The lowest BCUT2D eigenvalue weighted by atomic mass is 9.96. The number of rotatable bonds is 4. The summed E-state index contributed by atoms with van der Waals surface area (Å²) < 4.78 is 0. The van der Waals surface area contributed by atoms with Gasteiger partial charge in [-0.2, -0.15) is 0 Å². The molecule has 1 saturated heterocycles.